The van der Waals surface area contributed by atoms with Gasteiger partial charge >= 0.3 is 0 Å². The molecule has 1 aromatic heterocycles. The highest BCUT2D eigenvalue weighted by molar-refractivity contribution is 7.99. The summed E-state index contributed by atoms with van der Waals surface area (Å²) in [4.78, 5) is 12.7. The van der Waals surface area contributed by atoms with Gasteiger partial charge in [-0.1, -0.05) is 49.0 Å². The standard InChI is InChI=1S/C25H23FN4O2S/c1-3-17-8-4-7-11-22(17)27-23(31)16-33-25-29-28-24(20-9-5-6-10-21(20)26)30(25)18-12-14-19(32-2)15-13-18/h4-15H,3,16H2,1-2H3,(H,27,31). The van der Waals surface area contributed by atoms with Crippen molar-refractivity contribution in [2.45, 2.75) is 18.5 Å². The second-order valence-corrected chi connectivity index (χ2v) is 8.11. The minimum atomic E-state index is -0.398. The largest absolute Gasteiger partial charge is 0.497 e. The minimum Gasteiger partial charge on any atom is -0.497 e. The van der Waals surface area contributed by atoms with Crippen molar-refractivity contribution in [2.24, 2.45) is 0 Å². The van der Waals surface area contributed by atoms with Gasteiger partial charge in [0.25, 0.3) is 0 Å². The molecule has 0 saturated heterocycles. The Labute approximate surface area is 195 Å². The van der Waals surface area contributed by atoms with Gasteiger partial charge in [-0.15, -0.1) is 10.2 Å². The number of ether oxygens (including phenoxy) is 1. The van der Waals surface area contributed by atoms with E-state index in [4.69, 9.17) is 4.74 Å². The number of halogens is 1. The summed E-state index contributed by atoms with van der Waals surface area (Å²) >= 11 is 1.24. The van der Waals surface area contributed by atoms with Crippen LogP contribution in [0.2, 0.25) is 0 Å². The third kappa shape index (κ3) is 5.06. The molecule has 0 spiro atoms. The van der Waals surface area contributed by atoms with Crippen LogP contribution < -0.4 is 10.1 Å². The monoisotopic (exact) mass is 462 g/mol. The molecule has 4 rings (SSSR count). The van der Waals surface area contributed by atoms with Gasteiger partial charge in [-0.25, -0.2) is 4.39 Å². The summed E-state index contributed by atoms with van der Waals surface area (Å²) in [5.41, 5.74) is 2.93. The molecule has 33 heavy (non-hydrogen) atoms. The zero-order chi connectivity index (χ0) is 23.2. The Balaban J connectivity index is 1.62. The molecule has 168 valence electrons. The van der Waals surface area contributed by atoms with Crippen molar-refractivity contribution in [3.8, 4) is 22.8 Å². The van der Waals surface area contributed by atoms with Gasteiger partial charge in [0.1, 0.15) is 11.6 Å². The number of hydrogen-bond donors (Lipinski definition) is 1. The van der Waals surface area contributed by atoms with Crippen LogP contribution in [-0.2, 0) is 11.2 Å². The van der Waals surface area contributed by atoms with Gasteiger partial charge in [0.05, 0.1) is 24.1 Å². The van der Waals surface area contributed by atoms with Crippen LogP contribution in [0.3, 0.4) is 0 Å². The van der Waals surface area contributed by atoms with Crippen molar-refractivity contribution >= 4 is 23.4 Å². The molecular formula is C25H23FN4O2S. The van der Waals surface area contributed by atoms with Gasteiger partial charge in [0.2, 0.25) is 5.91 Å². The second kappa shape index (κ2) is 10.3. The Hall–Kier alpha value is -3.65. The Morgan fingerprint density at radius 3 is 2.48 bits per heavy atom. The summed E-state index contributed by atoms with van der Waals surface area (Å²) in [5, 5.41) is 12.0. The van der Waals surface area contributed by atoms with E-state index in [9.17, 15) is 9.18 Å². The molecule has 0 aliphatic rings. The zero-order valence-electron chi connectivity index (χ0n) is 18.3. The molecule has 0 aliphatic carbocycles. The molecular weight excluding hydrogens is 439 g/mol. The minimum absolute atomic E-state index is 0.129. The molecule has 3 aromatic carbocycles. The Morgan fingerprint density at radius 1 is 1.03 bits per heavy atom. The maximum absolute atomic E-state index is 14.6. The number of nitrogens with one attached hydrogen (secondary N) is 1. The van der Waals surface area contributed by atoms with Crippen molar-refractivity contribution in [3.05, 3.63) is 84.2 Å². The number of benzene rings is 3. The molecule has 1 amide bonds. The van der Waals surface area contributed by atoms with Crippen molar-refractivity contribution in [1.29, 1.82) is 0 Å². The van der Waals surface area contributed by atoms with E-state index in [0.29, 0.717) is 22.3 Å². The first-order chi connectivity index (χ1) is 16.1. The summed E-state index contributed by atoms with van der Waals surface area (Å²) in [5.74, 6) is 0.631. The number of carbonyl (C=O) groups is 1. The van der Waals surface area contributed by atoms with Crippen LogP contribution in [0, 0.1) is 5.82 Å². The lowest BCUT2D eigenvalue weighted by Crippen LogP contribution is -2.15. The first kappa shape index (κ1) is 22.5. The Morgan fingerprint density at radius 2 is 1.76 bits per heavy atom. The van der Waals surface area contributed by atoms with E-state index in [1.54, 1.807) is 29.9 Å². The van der Waals surface area contributed by atoms with E-state index in [1.165, 1.54) is 17.8 Å². The zero-order valence-corrected chi connectivity index (χ0v) is 19.1. The van der Waals surface area contributed by atoms with Gasteiger partial charge in [0, 0.05) is 5.69 Å². The molecule has 0 fully saturated rings. The highest BCUT2D eigenvalue weighted by Gasteiger charge is 2.19. The van der Waals surface area contributed by atoms with Crippen molar-refractivity contribution in [1.82, 2.24) is 14.8 Å². The number of nitrogens with zero attached hydrogens (tertiary/aromatic N) is 3. The van der Waals surface area contributed by atoms with E-state index >= 15 is 0 Å². The van der Waals surface area contributed by atoms with Crippen molar-refractivity contribution in [2.75, 3.05) is 18.2 Å². The van der Waals surface area contributed by atoms with Gasteiger partial charge in [-0.2, -0.15) is 0 Å². The molecule has 4 aromatic rings. The van der Waals surface area contributed by atoms with Crippen molar-refractivity contribution in [3.63, 3.8) is 0 Å². The SMILES string of the molecule is CCc1ccccc1NC(=O)CSc1nnc(-c2ccccc2F)n1-c1ccc(OC)cc1. The van der Waals surface area contributed by atoms with E-state index in [0.717, 1.165) is 23.4 Å². The van der Waals surface area contributed by atoms with Crippen LogP contribution in [0.15, 0.2) is 78.0 Å². The number of thioether (sulfide) groups is 1. The molecule has 0 saturated carbocycles. The van der Waals surface area contributed by atoms with E-state index < -0.39 is 5.82 Å². The Bertz CT molecular complexity index is 1260. The normalized spacial score (nSPS) is 10.8. The van der Waals surface area contributed by atoms with E-state index in [1.807, 2.05) is 55.5 Å². The molecule has 0 bridgehead atoms. The Kier molecular flexibility index (Phi) is 7.04. The molecule has 0 radical (unpaired) electrons. The fourth-order valence-corrected chi connectivity index (χ4v) is 4.16. The van der Waals surface area contributed by atoms with Crippen molar-refractivity contribution < 1.29 is 13.9 Å². The highest BCUT2D eigenvalue weighted by atomic mass is 32.2. The predicted molar refractivity (Wildman–Crippen MR) is 128 cm³/mol. The predicted octanol–water partition coefficient (Wildman–Crippen LogP) is 5.38. The third-order valence-corrected chi connectivity index (χ3v) is 6.01. The topological polar surface area (TPSA) is 69.0 Å². The smallest absolute Gasteiger partial charge is 0.234 e. The number of amides is 1. The van der Waals surface area contributed by atoms with Gasteiger partial charge in [-0.3, -0.25) is 9.36 Å². The van der Waals surface area contributed by atoms with Crippen LogP contribution in [-0.4, -0.2) is 33.5 Å². The van der Waals surface area contributed by atoms with Gasteiger partial charge < -0.3 is 10.1 Å². The molecule has 0 aliphatic heterocycles. The number of anilines is 1. The van der Waals surface area contributed by atoms with Crippen LogP contribution in [0.5, 0.6) is 5.75 Å². The number of aromatic nitrogens is 3. The van der Waals surface area contributed by atoms with E-state index in [-0.39, 0.29) is 11.7 Å². The fourth-order valence-electron chi connectivity index (χ4n) is 3.41. The summed E-state index contributed by atoms with van der Waals surface area (Å²) in [6.45, 7) is 2.04. The number of para-hydroxylation sites is 1. The molecule has 8 heteroatoms. The fraction of sp³-hybridized carbons (Fsp3) is 0.160. The molecule has 6 nitrogen and oxygen atoms in total. The molecule has 0 atom stereocenters. The van der Waals surface area contributed by atoms with Gasteiger partial charge in [0.15, 0.2) is 11.0 Å². The summed E-state index contributed by atoms with van der Waals surface area (Å²) < 4.78 is 21.5. The van der Waals surface area contributed by atoms with Crippen LogP contribution in [0.4, 0.5) is 10.1 Å². The lowest BCUT2D eigenvalue weighted by atomic mass is 10.1. The number of aryl methyl sites for hydroxylation is 1. The summed E-state index contributed by atoms with van der Waals surface area (Å²) in [6, 6.07) is 21.4. The average Bonchev–Trinajstić information content (AvgIpc) is 3.27. The van der Waals surface area contributed by atoms with Crippen LogP contribution >= 0.6 is 11.8 Å². The number of hydrogen-bond acceptors (Lipinski definition) is 5. The average molecular weight is 463 g/mol. The maximum atomic E-state index is 14.6. The molecule has 0 unspecified atom stereocenters. The number of carbonyl (C=O) groups excluding carboxylic acids is 1. The number of methoxy groups -OCH3 is 1. The first-order valence-corrected chi connectivity index (χ1v) is 11.4. The lowest BCUT2D eigenvalue weighted by molar-refractivity contribution is -0.113. The highest BCUT2D eigenvalue weighted by Crippen LogP contribution is 2.30. The first-order valence-electron chi connectivity index (χ1n) is 10.5. The summed E-state index contributed by atoms with van der Waals surface area (Å²) in [7, 11) is 1.59. The lowest BCUT2D eigenvalue weighted by Gasteiger charge is -2.12. The third-order valence-electron chi connectivity index (χ3n) is 5.08. The van der Waals surface area contributed by atoms with Crippen LogP contribution in [0.25, 0.3) is 17.1 Å². The van der Waals surface area contributed by atoms with Crippen LogP contribution in [0.1, 0.15) is 12.5 Å². The molecule has 1 heterocycles. The number of rotatable bonds is 8. The maximum Gasteiger partial charge on any atom is 0.234 e. The summed E-state index contributed by atoms with van der Waals surface area (Å²) in [6.07, 6.45) is 0.821. The van der Waals surface area contributed by atoms with Gasteiger partial charge in [-0.05, 0) is 54.4 Å². The second-order valence-electron chi connectivity index (χ2n) is 7.17. The quantitative estimate of drug-likeness (QED) is 0.356. The molecule has 1 N–H and O–H groups in total. The van der Waals surface area contributed by atoms with E-state index in [2.05, 4.69) is 15.5 Å².